The topological polar surface area (TPSA) is 81.3 Å². The number of amides is 1. The van der Waals surface area contributed by atoms with E-state index in [0.717, 1.165) is 11.3 Å². The normalized spacial score (nSPS) is 10.1. The van der Waals surface area contributed by atoms with Crippen LogP contribution < -0.4 is 10.5 Å². The van der Waals surface area contributed by atoms with Crippen molar-refractivity contribution in [3.05, 3.63) is 47.9 Å². The molecule has 20 heavy (non-hydrogen) atoms. The van der Waals surface area contributed by atoms with E-state index in [1.54, 1.807) is 19.1 Å². The van der Waals surface area contributed by atoms with Gasteiger partial charge in [-0.2, -0.15) is 0 Å². The molecule has 0 bridgehead atoms. The predicted molar refractivity (Wildman–Crippen MR) is 75.2 cm³/mol. The van der Waals surface area contributed by atoms with Gasteiger partial charge in [0.25, 0.3) is 5.91 Å². The lowest BCUT2D eigenvalue weighted by Gasteiger charge is -2.18. The second kappa shape index (κ2) is 6.01. The molecule has 0 saturated heterocycles. The van der Waals surface area contributed by atoms with Crippen LogP contribution in [0.4, 0.5) is 5.82 Å². The Bertz CT molecular complexity index is 598. The zero-order valence-corrected chi connectivity index (χ0v) is 11.4. The van der Waals surface area contributed by atoms with Gasteiger partial charge in [-0.15, -0.1) is 0 Å². The first-order valence-corrected chi connectivity index (χ1v) is 6.06. The molecule has 0 radical (unpaired) electrons. The number of hydrogen-bond donors (Lipinski definition) is 1. The molecule has 0 fully saturated rings. The first-order valence-electron chi connectivity index (χ1n) is 6.06. The highest BCUT2D eigenvalue weighted by atomic mass is 16.5. The molecular formula is C14H16N4O2. The van der Waals surface area contributed by atoms with Crippen molar-refractivity contribution < 1.29 is 9.53 Å². The number of nitrogen functional groups attached to an aromatic ring is 1. The Balaban J connectivity index is 2.13. The molecule has 2 aromatic rings. The van der Waals surface area contributed by atoms with E-state index < -0.39 is 0 Å². The summed E-state index contributed by atoms with van der Waals surface area (Å²) in [6.45, 7) is 0.425. The number of carbonyl (C=O) groups excluding carboxylic acids is 1. The standard InChI is InChI=1S/C14H16N4O2/c1-18(9-10-5-3-4-6-12(10)20-2)14(19)11-7-17-13(15)8-16-11/h3-8H,9H2,1-2H3,(H2,15,17). The first-order chi connectivity index (χ1) is 9.61. The molecule has 2 rings (SSSR count). The Kier molecular flexibility index (Phi) is 4.14. The molecule has 104 valence electrons. The number of hydrogen-bond acceptors (Lipinski definition) is 5. The third-order valence-electron chi connectivity index (χ3n) is 2.84. The Hall–Kier alpha value is -2.63. The molecule has 0 aliphatic carbocycles. The summed E-state index contributed by atoms with van der Waals surface area (Å²) in [5.41, 5.74) is 6.64. The summed E-state index contributed by atoms with van der Waals surface area (Å²) >= 11 is 0. The number of ether oxygens (including phenoxy) is 1. The summed E-state index contributed by atoms with van der Waals surface area (Å²) < 4.78 is 5.26. The van der Waals surface area contributed by atoms with E-state index in [4.69, 9.17) is 10.5 Å². The van der Waals surface area contributed by atoms with Crippen LogP contribution >= 0.6 is 0 Å². The number of aromatic nitrogens is 2. The Morgan fingerprint density at radius 2 is 2.05 bits per heavy atom. The van der Waals surface area contributed by atoms with Gasteiger partial charge < -0.3 is 15.4 Å². The lowest BCUT2D eigenvalue weighted by Crippen LogP contribution is -2.27. The minimum Gasteiger partial charge on any atom is -0.496 e. The van der Waals surface area contributed by atoms with E-state index in [2.05, 4.69) is 9.97 Å². The van der Waals surface area contributed by atoms with E-state index in [1.807, 2.05) is 24.3 Å². The van der Waals surface area contributed by atoms with Gasteiger partial charge in [0, 0.05) is 19.2 Å². The van der Waals surface area contributed by atoms with Gasteiger partial charge in [-0.1, -0.05) is 18.2 Å². The van der Waals surface area contributed by atoms with Crippen molar-refractivity contribution in [2.45, 2.75) is 6.54 Å². The molecule has 1 aromatic carbocycles. The molecule has 0 aliphatic rings. The summed E-state index contributed by atoms with van der Waals surface area (Å²) in [6.07, 6.45) is 2.74. The molecule has 6 nitrogen and oxygen atoms in total. The number of rotatable bonds is 4. The van der Waals surface area contributed by atoms with E-state index in [-0.39, 0.29) is 17.4 Å². The number of anilines is 1. The fourth-order valence-corrected chi connectivity index (χ4v) is 1.80. The zero-order valence-electron chi connectivity index (χ0n) is 11.4. The average molecular weight is 272 g/mol. The van der Waals surface area contributed by atoms with Crippen molar-refractivity contribution in [1.82, 2.24) is 14.9 Å². The molecule has 0 saturated carbocycles. The van der Waals surface area contributed by atoms with Crippen LogP contribution in [0.15, 0.2) is 36.7 Å². The molecule has 1 heterocycles. The fourth-order valence-electron chi connectivity index (χ4n) is 1.80. The van der Waals surface area contributed by atoms with Gasteiger partial charge >= 0.3 is 0 Å². The van der Waals surface area contributed by atoms with Gasteiger partial charge in [-0.3, -0.25) is 4.79 Å². The lowest BCUT2D eigenvalue weighted by atomic mass is 10.2. The molecule has 1 aromatic heterocycles. The quantitative estimate of drug-likeness (QED) is 0.908. The van der Waals surface area contributed by atoms with Gasteiger partial charge in [0.1, 0.15) is 17.3 Å². The maximum atomic E-state index is 12.2. The fraction of sp³-hybridized carbons (Fsp3) is 0.214. The van der Waals surface area contributed by atoms with Crippen LogP contribution in [-0.4, -0.2) is 34.9 Å². The molecule has 2 N–H and O–H groups in total. The smallest absolute Gasteiger partial charge is 0.274 e. The number of nitrogens with zero attached hydrogens (tertiary/aromatic N) is 3. The zero-order chi connectivity index (χ0) is 14.5. The molecule has 0 aliphatic heterocycles. The van der Waals surface area contributed by atoms with Crippen molar-refractivity contribution in [3.63, 3.8) is 0 Å². The highest BCUT2D eigenvalue weighted by molar-refractivity contribution is 5.91. The predicted octanol–water partition coefficient (Wildman–Crippen LogP) is 1.34. The van der Waals surface area contributed by atoms with Crippen LogP contribution in [0.2, 0.25) is 0 Å². The van der Waals surface area contributed by atoms with Crippen LogP contribution in [-0.2, 0) is 6.54 Å². The van der Waals surface area contributed by atoms with Crippen LogP contribution in [0.25, 0.3) is 0 Å². The van der Waals surface area contributed by atoms with Crippen LogP contribution in [0.1, 0.15) is 16.1 Å². The third-order valence-corrected chi connectivity index (χ3v) is 2.84. The Labute approximate surface area is 117 Å². The van der Waals surface area contributed by atoms with E-state index in [1.165, 1.54) is 12.4 Å². The highest BCUT2D eigenvalue weighted by Crippen LogP contribution is 2.19. The molecule has 0 atom stereocenters. The summed E-state index contributed by atoms with van der Waals surface area (Å²) in [7, 11) is 3.30. The largest absolute Gasteiger partial charge is 0.496 e. The van der Waals surface area contributed by atoms with Crippen molar-refractivity contribution in [2.24, 2.45) is 0 Å². The van der Waals surface area contributed by atoms with Crippen molar-refractivity contribution in [1.29, 1.82) is 0 Å². The maximum Gasteiger partial charge on any atom is 0.274 e. The number of benzene rings is 1. The van der Waals surface area contributed by atoms with E-state index in [9.17, 15) is 4.79 Å². The van der Waals surface area contributed by atoms with Gasteiger partial charge in [0.05, 0.1) is 19.5 Å². The van der Waals surface area contributed by atoms with E-state index >= 15 is 0 Å². The third kappa shape index (κ3) is 3.03. The second-order valence-electron chi connectivity index (χ2n) is 4.30. The van der Waals surface area contributed by atoms with Crippen LogP contribution in [0.5, 0.6) is 5.75 Å². The Morgan fingerprint density at radius 1 is 1.30 bits per heavy atom. The summed E-state index contributed by atoms with van der Waals surface area (Å²) in [5.74, 6) is 0.813. The van der Waals surface area contributed by atoms with Crippen LogP contribution in [0, 0.1) is 0 Å². The number of nitrogens with two attached hydrogens (primary N) is 1. The van der Waals surface area contributed by atoms with Crippen LogP contribution in [0.3, 0.4) is 0 Å². The monoisotopic (exact) mass is 272 g/mol. The van der Waals surface area contributed by atoms with Gasteiger partial charge in [-0.05, 0) is 6.07 Å². The minimum absolute atomic E-state index is 0.219. The molecule has 1 amide bonds. The van der Waals surface area contributed by atoms with Crippen molar-refractivity contribution >= 4 is 11.7 Å². The summed E-state index contributed by atoms with van der Waals surface area (Å²) in [5, 5.41) is 0. The van der Waals surface area contributed by atoms with Gasteiger partial charge in [-0.25, -0.2) is 9.97 Å². The molecule has 0 unspecified atom stereocenters. The van der Waals surface area contributed by atoms with Gasteiger partial charge in [0.15, 0.2) is 0 Å². The molecular weight excluding hydrogens is 256 g/mol. The second-order valence-corrected chi connectivity index (χ2v) is 4.30. The SMILES string of the molecule is COc1ccccc1CN(C)C(=O)c1cnc(N)cn1. The van der Waals surface area contributed by atoms with Crippen molar-refractivity contribution in [3.8, 4) is 5.75 Å². The first kappa shape index (κ1) is 13.8. The number of methoxy groups -OCH3 is 1. The van der Waals surface area contributed by atoms with Gasteiger partial charge in [0.2, 0.25) is 0 Å². The number of carbonyl (C=O) groups is 1. The number of para-hydroxylation sites is 1. The lowest BCUT2D eigenvalue weighted by molar-refractivity contribution is 0.0778. The maximum absolute atomic E-state index is 12.2. The van der Waals surface area contributed by atoms with E-state index in [0.29, 0.717) is 6.54 Å². The summed E-state index contributed by atoms with van der Waals surface area (Å²) in [6, 6.07) is 7.56. The van der Waals surface area contributed by atoms with Crippen molar-refractivity contribution in [2.75, 3.05) is 19.9 Å². The molecule has 0 spiro atoms. The summed E-state index contributed by atoms with van der Waals surface area (Å²) in [4.78, 5) is 21.6. The minimum atomic E-state index is -0.219. The molecule has 6 heteroatoms. The highest BCUT2D eigenvalue weighted by Gasteiger charge is 2.15. The average Bonchev–Trinajstić information content (AvgIpc) is 2.48. The Morgan fingerprint density at radius 3 is 2.70 bits per heavy atom.